The minimum atomic E-state index is -1.15. The lowest BCUT2D eigenvalue weighted by Crippen LogP contribution is -2.20. The van der Waals surface area contributed by atoms with Gasteiger partial charge in [0, 0.05) is 18.0 Å². The summed E-state index contributed by atoms with van der Waals surface area (Å²) in [5.74, 6) is -0.792. The molecule has 1 aromatic carbocycles. The van der Waals surface area contributed by atoms with Crippen LogP contribution in [-0.4, -0.2) is 42.8 Å². The standard InChI is InChI=1S/C14H12N4O5/c19-13(20)8-23-17-12-6-10(18(21)22)3-4-11(12)16-14(17)9-2-1-5-15-7-9/h1-7,21-22H,8H2,(H,19,20). The summed E-state index contributed by atoms with van der Waals surface area (Å²) in [6.07, 6.45) is 3.16. The second kappa shape index (κ2) is 5.91. The minimum Gasteiger partial charge on any atom is -0.479 e. The van der Waals surface area contributed by atoms with Crippen molar-refractivity contribution in [3.63, 3.8) is 0 Å². The van der Waals surface area contributed by atoms with Gasteiger partial charge in [0.15, 0.2) is 5.82 Å². The Bertz CT molecular complexity index is 847. The predicted octanol–water partition coefficient (Wildman–Crippen LogP) is 1.20. The third-order valence-corrected chi connectivity index (χ3v) is 3.06. The van der Waals surface area contributed by atoms with Crippen molar-refractivity contribution >= 4 is 22.7 Å². The molecule has 3 aromatic rings. The monoisotopic (exact) mass is 316 g/mol. The van der Waals surface area contributed by atoms with E-state index in [9.17, 15) is 4.79 Å². The van der Waals surface area contributed by atoms with Crippen LogP contribution < -0.4 is 10.1 Å². The number of hydrogen-bond acceptors (Lipinski definition) is 7. The number of benzene rings is 1. The first-order chi connectivity index (χ1) is 11.1. The Morgan fingerprint density at radius 1 is 1.30 bits per heavy atom. The van der Waals surface area contributed by atoms with Gasteiger partial charge in [-0.15, -0.1) is 5.23 Å². The molecule has 0 radical (unpaired) electrons. The van der Waals surface area contributed by atoms with Crippen molar-refractivity contribution < 1.29 is 25.2 Å². The lowest BCUT2D eigenvalue weighted by Gasteiger charge is -2.10. The molecule has 0 amide bonds. The molecule has 0 spiro atoms. The predicted molar refractivity (Wildman–Crippen MR) is 78.1 cm³/mol. The third-order valence-electron chi connectivity index (χ3n) is 3.06. The number of hydrogen-bond donors (Lipinski definition) is 3. The van der Waals surface area contributed by atoms with Gasteiger partial charge in [-0.25, -0.2) is 9.78 Å². The summed E-state index contributed by atoms with van der Waals surface area (Å²) < 4.78 is 1.23. The van der Waals surface area contributed by atoms with E-state index in [1.807, 2.05) is 0 Å². The molecular formula is C14H12N4O5. The van der Waals surface area contributed by atoms with Gasteiger partial charge in [0.1, 0.15) is 5.52 Å². The van der Waals surface area contributed by atoms with Gasteiger partial charge in [-0.2, -0.15) is 4.73 Å². The van der Waals surface area contributed by atoms with Gasteiger partial charge >= 0.3 is 5.97 Å². The van der Waals surface area contributed by atoms with Crippen molar-refractivity contribution in [2.75, 3.05) is 11.8 Å². The summed E-state index contributed by atoms with van der Waals surface area (Å²) in [4.78, 5) is 24.5. The highest BCUT2D eigenvalue weighted by Crippen LogP contribution is 2.26. The zero-order valence-corrected chi connectivity index (χ0v) is 11.7. The molecule has 9 heteroatoms. The van der Waals surface area contributed by atoms with Crippen LogP contribution in [0.1, 0.15) is 0 Å². The number of rotatable bonds is 5. The highest BCUT2D eigenvalue weighted by atomic mass is 16.8. The van der Waals surface area contributed by atoms with E-state index in [2.05, 4.69) is 9.97 Å². The van der Waals surface area contributed by atoms with E-state index < -0.39 is 12.6 Å². The molecule has 3 rings (SSSR count). The van der Waals surface area contributed by atoms with Crippen LogP contribution in [-0.2, 0) is 4.79 Å². The summed E-state index contributed by atoms with van der Waals surface area (Å²) in [5.41, 5.74) is 1.59. The van der Waals surface area contributed by atoms with E-state index in [-0.39, 0.29) is 10.9 Å². The smallest absolute Gasteiger partial charge is 0.344 e. The molecule has 0 aliphatic heterocycles. The summed E-state index contributed by atoms with van der Waals surface area (Å²) in [6, 6.07) is 7.88. The Kier molecular flexibility index (Phi) is 3.79. The highest BCUT2D eigenvalue weighted by molar-refractivity contribution is 5.83. The lowest BCUT2D eigenvalue weighted by molar-refractivity contribution is -0.142. The number of carbonyl (C=O) groups is 1. The Morgan fingerprint density at radius 2 is 2.13 bits per heavy atom. The molecule has 9 nitrogen and oxygen atoms in total. The van der Waals surface area contributed by atoms with Crippen LogP contribution in [0.15, 0.2) is 42.7 Å². The van der Waals surface area contributed by atoms with Crippen molar-refractivity contribution in [1.29, 1.82) is 0 Å². The van der Waals surface area contributed by atoms with Crippen LogP contribution in [0.25, 0.3) is 22.4 Å². The van der Waals surface area contributed by atoms with Gasteiger partial charge in [-0.3, -0.25) is 15.4 Å². The lowest BCUT2D eigenvalue weighted by atomic mass is 10.3. The van der Waals surface area contributed by atoms with Crippen molar-refractivity contribution in [3.05, 3.63) is 42.7 Å². The van der Waals surface area contributed by atoms with Gasteiger partial charge in [0.05, 0.1) is 11.2 Å². The Labute approximate surface area is 129 Å². The van der Waals surface area contributed by atoms with Crippen LogP contribution in [0.5, 0.6) is 0 Å². The van der Waals surface area contributed by atoms with Gasteiger partial charge < -0.3 is 9.94 Å². The average molecular weight is 316 g/mol. The zero-order valence-electron chi connectivity index (χ0n) is 11.7. The molecule has 2 aromatic heterocycles. The molecule has 2 heterocycles. The van der Waals surface area contributed by atoms with Crippen molar-refractivity contribution in [3.8, 4) is 11.4 Å². The fourth-order valence-corrected chi connectivity index (χ4v) is 2.09. The van der Waals surface area contributed by atoms with Crippen LogP contribution >= 0.6 is 0 Å². The number of pyridine rings is 1. The Balaban J connectivity index is 2.18. The topological polar surface area (TPSA) is 121 Å². The number of aromatic nitrogens is 3. The van der Waals surface area contributed by atoms with Gasteiger partial charge in [-0.1, -0.05) is 0 Å². The fraction of sp³-hybridized carbons (Fsp3) is 0.0714. The molecule has 23 heavy (non-hydrogen) atoms. The maximum absolute atomic E-state index is 10.8. The van der Waals surface area contributed by atoms with Crippen LogP contribution in [0.3, 0.4) is 0 Å². The maximum Gasteiger partial charge on any atom is 0.344 e. The molecule has 0 aliphatic rings. The number of aliphatic carboxylic acids is 1. The van der Waals surface area contributed by atoms with Crippen LogP contribution in [0.4, 0.5) is 5.69 Å². The minimum absolute atomic E-state index is 0.0439. The SMILES string of the molecule is O=C(O)COn1c(-c2cccnc2)nc2ccc(N(O)O)cc21. The summed E-state index contributed by atoms with van der Waals surface area (Å²) in [5, 5.41) is 27.0. The molecule has 0 bridgehead atoms. The van der Waals surface area contributed by atoms with E-state index in [0.717, 1.165) is 0 Å². The van der Waals surface area contributed by atoms with Crippen molar-refractivity contribution in [2.45, 2.75) is 0 Å². The number of carboxylic acids is 1. The van der Waals surface area contributed by atoms with Gasteiger partial charge in [0.2, 0.25) is 6.61 Å². The first kappa shape index (κ1) is 14.8. The van der Waals surface area contributed by atoms with Crippen molar-refractivity contribution in [1.82, 2.24) is 14.7 Å². The largest absolute Gasteiger partial charge is 0.479 e. The molecular weight excluding hydrogens is 304 g/mol. The molecule has 0 unspecified atom stereocenters. The second-order valence-corrected chi connectivity index (χ2v) is 4.60. The average Bonchev–Trinajstić information content (AvgIpc) is 2.91. The summed E-state index contributed by atoms with van der Waals surface area (Å²) >= 11 is 0. The Hall–Kier alpha value is -3.17. The van der Waals surface area contributed by atoms with Gasteiger partial charge in [-0.05, 0) is 30.3 Å². The first-order valence-electron chi connectivity index (χ1n) is 6.52. The second-order valence-electron chi connectivity index (χ2n) is 4.60. The number of imidazole rings is 1. The van der Waals surface area contributed by atoms with Crippen molar-refractivity contribution in [2.24, 2.45) is 0 Å². The van der Waals surface area contributed by atoms with Crippen LogP contribution in [0.2, 0.25) is 0 Å². The van der Waals surface area contributed by atoms with E-state index in [1.54, 1.807) is 30.6 Å². The zero-order chi connectivity index (χ0) is 16.4. The fourth-order valence-electron chi connectivity index (χ4n) is 2.09. The van der Waals surface area contributed by atoms with E-state index >= 15 is 0 Å². The number of carboxylic acid groups (broad SMARTS) is 1. The third kappa shape index (κ3) is 2.91. The van der Waals surface area contributed by atoms with E-state index in [4.69, 9.17) is 20.4 Å². The first-order valence-corrected chi connectivity index (χ1v) is 6.52. The molecule has 0 atom stereocenters. The summed E-state index contributed by atoms with van der Waals surface area (Å²) in [7, 11) is 0. The highest BCUT2D eigenvalue weighted by Gasteiger charge is 2.16. The van der Waals surface area contributed by atoms with Crippen LogP contribution in [0, 0.1) is 0 Å². The molecule has 0 saturated heterocycles. The Morgan fingerprint density at radius 3 is 2.78 bits per heavy atom. The normalized spacial score (nSPS) is 10.7. The molecule has 0 fully saturated rings. The number of anilines is 1. The summed E-state index contributed by atoms with van der Waals surface area (Å²) in [6.45, 7) is -0.578. The maximum atomic E-state index is 10.8. The molecule has 0 saturated carbocycles. The van der Waals surface area contributed by atoms with E-state index in [0.29, 0.717) is 22.4 Å². The molecule has 118 valence electrons. The van der Waals surface area contributed by atoms with E-state index in [1.165, 1.54) is 16.9 Å². The molecule has 0 aliphatic carbocycles. The quantitative estimate of drug-likeness (QED) is 0.600. The van der Waals surface area contributed by atoms with Gasteiger partial charge in [0.25, 0.3) is 0 Å². The molecule has 3 N–H and O–H groups in total. The number of nitrogens with zero attached hydrogens (tertiary/aromatic N) is 4. The number of fused-ring (bicyclic) bond motifs is 1.